The van der Waals surface area contributed by atoms with Crippen molar-refractivity contribution in [1.82, 2.24) is 0 Å². The van der Waals surface area contributed by atoms with E-state index in [-0.39, 0.29) is 4.92 Å². The van der Waals surface area contributed by atoms with Crippen molar-refractivity contribution in [2.75, 3.05) is 0 Å². The standard InChI is InChI=1S/C12H13ClN2O2/c13-9-4-3-5-10(8-9)14-11-6-1-2-7-12(11)15(16)17/h3-5,8,12H,1-2,6-7H2. The van der Waals surface area contributed by atoms with Crippen LogP contribution in [0.25, 0.3) is 0 Å². The lowest BCUT2D eigenvalue weighted by Crippen LogP contribution is -2.32. The van der Waals surface area contributed by atoms with Gasteiger partial charge in [-0.25, -0.2) is 0 Å². The number of halogens is 1. The Balaban J connectivity index is 2.27. The molecule has 5 heteroatoms. The Hall–Kier alpha value is -1.42. The van der Waals surface area contributed by atoms with Crippen LogP contribution in [0.1, 0.15) is 25.7 Å². The summed E-state index contributed by atoms with van der Waals surface area (Å²) >= 11 is 5.86. The first kappa shape index (κ1) is 12.0. The lowest BCUT2D eigenvalue weighted by molar-refractivity contribution is -0.504. The van der Waals surface area contributed by atoms with Crippen molar-refractivity contribution < 1.29 is 4.92 Å². The minimum atomic E-state index is -0.622. The zero-order valence-electron chi connectivity index (χ0n) is 9.30. The Labute approximate surface area is 104 Å². The van der Waals surface area contributed by atoms with E-state index in [1.165, 1.54) is 0 Å². The van der Waals surface area contributed by atoms with Gasteiger partial charge in [0.25, 0.3) is 6.04 Å². The van der Waals surface area contributed by atoms with Crippen molar-refractivity contribution in [3.8, 4) is 0 Å². The van der Waals surface area contributed by atoms with E-state index in [2.05, 4.69) is 4.99 Å². The number of rotatable bonds is 2. The fraction of sp³-hybridized carbons (Fsp3) is 0.417. The SMILES string of the molecule is O=[N+]([O-])C1CCCCC1=Nc1cccc(Cl)c1. The summed E-state index contributed by atoms with van der Waals surface area (Å²) in [7, 11) is 0. The maximum atomic E-state index is 10.9. The van der Waals surface area contributed by atoms with Gasteiger partial charge in [-0.3, -0.25) is 15.1 Å². The molecule has 1 aromatic carbocycles. The molecule has 0 amide bonds. The minimum absolute atomic E-state index is 0.234. The van der Waals surface area contributed by atoms with Crippen molar-refractivity contribution in [3.05, 3.63) is 39.4 Å². The zero-order chi connectivity index (χ0) is 12.3. The number of hydrogen-bond donors (Lipinski definition) is 0. The third-order valence-electron chi connectivity index (χ3n) is 2.88. The lowest BCUT2D eigenvalue weighted by atomic mass is 9.93. The zero-order valence-corrected chi connectivity index (χ0v) is 10.1. The number of benzene rings is 1. The summed E-state index contributed by atoms with van der Waals surface area (Å²) in [5.41, 5.74) is 1.37. The van der Waals surface area contributed by atoms with Gasteiger partial charge in [0, 0.05) is 16.4 Å². The quantitative estimate of drug-likeness (QED) is 0.596. The predicted octanol–water partition coefficient (Wildman–Crippen LogP) is 3.63. The molecule has 2 rings (SSSR count). The molecule has 90 valence electrons. The van der Waals surface area contributed by atoms with Gasteiger partial charge in [-0.15, -0.1) is 0 Å². The summed E-state index contributed by atoms with van der Waals surface area (Å²) in [6, 6.07) is 6.47. The van der Waals surface area contributed by atoms with Crippen LogP contribution in [0.4, 0.5) is 5.69 Å². The third-order valence-corrected chi connectivity index (χ3v) is 3.12. The van der Waals surface area contributed by atoms with Crippen LogP contribution in [0.5, 0.6) is 0 Å². The molecule has 1 aliphatic rings. The average Bonchev–Trinajstić information content (AvgIpc) is 2.29. The highest BCUT2D eigenvalue weighted by molar-refractivity contribution is 6.30. The van der Waals surface area contributed by atoms with Gasteiger partial charge in [0.2, 0.25) is 0 Å². The van der Waals surface area contributed by atoms with Crippen LogP contribution in [0.15, 0.2) is 29.3 Å². The summed E-state index contributed by atoms with van der Waals surface area (Å²) < 4.78 is 0. The van der Waals surface area contributed by atoms with Crippen LogP contribution in [-0.4, -0.2) is 16.7 Å². The van der Waals surface area contributed by atoms with Crippen molar-refractivity contribution in [1.29, 1.82) is 0 Å². The molecule has 0 bridgehead atoms. The topological polar surface area (TPSA) is 55.5 Å². The third kappa shape index (κ3) is 3.03. The summed E-state index contributed by atoms with van der Waals surface area (Å²) in [6.45, 7) is 0. The van der Waals surface area contributed by atoms with Crippen molar-refractivity contribution in [3.63, 3.8) is 0 Å². The van der Waals surface area contributed by atoms with Crippen LogP contribution in [0.3, 0.4) is 0 Å². The maximum Gasteiger partial charge on any atom is 0.250 e. The largest absolute Gasteiger partial charge is 0.264 e. The fourth-order valence-corrected chi connectivity index (χ4v) is 2.23. The van der Waals surface area contributed by atoms with E-state index in [1.54, 1.807) is 18.2 Å². The molecule has 1 aromatic rings. The molecule has 1 unspecified atom stereocenters. The summed E-state index contributed by atoms with van der Waals surface area (Å²) in [6.07, 6.45) is 3.18. The molecule has 0 spiro atoms. The fourth-order valence-electron chi connectivity index (χ4n) is 2.05. The summed E-state index contributed by atoms with van der Waals surface area (Å²) in [5, 5.41) is 11.5. The minimum Gasteiger partial charge on any atom is -0.264 e. The molecule has 4 nitrogen and oxygen atoms in total. The molecule has 0 saturated heterocycles. The van der Waals surface area contributed by atoms with Gasteiger partial charge >= 0.3 is 0 Å². The normalized spacial score (nSPS) is 22.6. The van der Waals surface area contributed by atoms with Gasteiger partial charge < -0.3 is 0 Å². The van der Waals surface area contributed by atoms with E-state index in [9.17, 15) is 10.1 Å². The van der Waals surface area contributed by atoms with E-state index in [4.69, 9.17) is 11.6 Å². The molecular formula is C12H13ClN2O2. The van der Waals surface area contributed by atoms with Crippen LogP contribution in [0, 0.1) is 10.1 Å². The van der Waals surface area contributed by atoms with Crippen molar-refractivity contribution in [2.45, 2.75) is 31.7 Å². The second-order valence-corrected chi connectivity index (χ2v) is 4.57. The molecule has 0 N–H and O–H groups in total. The van der Waals surface area contributed by atoms with E-state index in [0.717, 1.165) is 12.8 Å². The predicted molar refractivity (Wildman–Crippen MR) is 67.8 cm³/mol. The van der Waals surface area contributed by atoms with Crippen LogP contribution in [0.2, 0.25) is 5.02 Å². The molecule has 0 aliphatic heterocycles. The maximum absolute atomic E-state index is 10.9. The van der Waals surface area contributed by atoms with Crippen molar-refractivity contribution in [2.24, 2.45) is 4.99 Å². The van der Waals surface area contributed by atoms with E-state index >= 15 is 0 Å². The molecule has 0 heterocycles. The first-order chi connectivity index (χ1) is 8.16. The molecule has 1 aliphatic carbocycles. The number of aliphatic imine (C=N–C) groups is 1. The molecule has 1 saturated carbocycles. The first-order valence-corrected chi connectivity index (χ1v) is 6.01. The molecular weight excluding hydrogens is 240 g/mol. The van der Waals surface area contributed by atoms with E-state index in [0.29, 0.717) is 29.3 Å². The smallest absolute Gasteiger partial charge is 0.250 e. The highest BCUT2D eigenvalue weighted by atomic mass is 35.5. The Morgan fingerprint density at radius 2 is 2.24 bits per heavy atom. The number of nitrogens with zero attached hydrogens (tertiary/aromatic N) is 2. The highest BCUT2D eigenvalue weighted by Crippen LogP contribution is 2.23. The monoisotopic (exact) mass is 252 g/mol. The van der Waals surface area contributed by atoms with Crippen LogP contribution in [-0.2, 0) is 0 Å². The van der Waals surface area contributed by atoms with Gasteiger partial charge in [-0.2, -0.15) is 0 Å². The van der Waals surface area contributed by atoms with Gasteiger partial charge in [0.1, 0.15) is 0 Å². The Kier molecular flexibility index (Phi) is 3.74. The lowest BCUT2D eigenvalue weighted by Gasteiger charge is -2.17. The molecule has 1 atom stereocenters. The Morgan fingerprint density at radius 1 is 1.41 bits per heavy atom. The van der Waals surface area contributed by atoms with E-state index in [1.807, 2.05) is 6.07 Å². The van der Waals surface area contributed by atoms with Crippen molar-refractivity contribution >= 4 is 23.0 Å². The molecule has 0 aromatic heterocycles. The van der Waals surface area contributed by atoms with Gasteiger partial charge in [0.05, 0.1) is 11.4 Å². The average molecular weight is 253 g/mol. The Morgan fingerprint density at radius 3 is 2.94 bits per heavy atom. The summed E-state index contributed by atoms with van der Waals surface area (Å²) in [4.78, 5) is 15.1. The van der Waals surface area contributed by atoms with Gasteiger partial charge in [-0.05, 0) is 37.5 Å². The highest BCUT2D eigenvalue weighted by Gasteiger charge is 2.29. The number of hydrogen-bond acceptors (Lipinski definition) is 3. The number of nitro groups is 1. The van der Waals surface area contributed by atoms with E-state index < -0.39 is 6.04 Å². The second-order valence-electron chi connectivity index (χ2n) is 4.13. The van der Waals surface area contributed by atoms with Gasteiger partial charge in [0.15, 0.2) is 0 Å². The van der Waals surface area contributed by atoms with Crippen LogP contribution < -0.4 is 0 Å². The molecule has 17 heavy (non-hydrogen) atoms. The molecule has 0 radical (unpaired) electrons. The Bertz CT molecular complexity index is 460. The second kappa shape index (κ2) is 5.27. The van der Waals surface area contributed by atoms with Gasteiger partial charge in [-0.1, -0.05) is 17.7 Å². The van der Waals surface area contributed by atoms with Crippen LogP contribution >= 0.6 is 11.6 Å². The molecule has 1 fully saturated rings. The summed E-state index contributed by atoms with van der Waals surface area (Å²) in [5.74, 6) is 0. The first-order valence-electron chi connectivity index (χ1n) is 5.63.